The number of anilines is 1. The van der Waals surface area contributed by atoms with E-state index >= 15 is 0 Å². The standard InChI is InChI=1S/C21H17N5O3S/c1-14-16-10-6-7-11-17(16)20-22-23-21(26(20)24-14)18-12-13-19(29-18)30(27,28)25(2)15-8-4-3-5-9-15/h3-13H,1-2H3. The van der Waals surface area contributed by atoms with Gasteiger partial charge in [-0.3, -0.25) is 4.31 Å². The molecule has 0 amide bonds. The van der Waals surface area contributed by atoms with E-state index in [1.807, 2.05) is 37.3 Å². The van der Waals surface area contributed by atoms with Crippen molar-refractivity contribution in [2.45, 2.75) is 12.0 Å². The fraction of sp³-hybridized carbons (Fsp3) is 0.0952. The summed E-state index contributed by atoms with van der Waals surface area (Å²) in [5.74, 6) is 0.604. The molecular weight excluding hydrogens is 402 g/mol. The number of fused-ring (bicyclic) bond motifs is 3. The maximum atomic E-state index is 13.0. The summed E-state index contributed by atoms with van der Waals surface area (Å²) in [6.45, 7) is 1.90. The average Bonchev–Trinajstić information content (AvgIpc) is 3.41. The number of hydrogen-bond donors (Lipinski definition) is 0. The summed E-state index contributed by atoms with van der Waals surface area (Å²) in [6, 6.07) is 19.6. The molecule has 0 spiro atoms. The van der Waals surface area contributed by atoms with Crippen molar-refractivity contribution in [3.8, 4) is 11.6 Å². The fourth-order valence-corrected chi connectivity index (χ4v) is 4.49. The molecule has 3 aromatic heterocycles. The Kier molecular flexibility index (Phi) is 4.07. The molecule has 150 valence electrons. The maximum Gasteiger partial charge on any atom is 0.297 e. The summed E-state index contributed by atoms with van der Waals surface area (Å²) in [4.78, 5) is 0. The maximum absolute atomic E-state index is 13.0. The van der Waals surface area contributed by atoms with Crippen molar-refractivity contribution in [1.29, 1.82) is 0 Å². The molecule has 0 bridgehead atoms. The molecule has 0 radical (unpaired) electrons. The number of nitrogens with zero attached hydrogens (tertiary/aromatic N) is 5. The van der Waals surface area contributed by atoms with E-state index in [-0.39, 0.29) is 10.9 Å². The zero-order chi connectivity index (χ0) is 20.9. The van der Waals surface area contributed by atoms with Crippen LogP contribution in [0.5, 0.6) is 0 Å². The lowest BCUT2D eigenvalue weighted by Crippen LogP contribution is -2.26. The molecule has 8 nitrogen and oxygen atoms in total. The number of furan rings is 1. The van der Waals surface area contributed by atoms with E-state index in [0.717, 1.165) is 16.5 Å². The number of hydrogen-bond acceptors (Lipinski definition) is 6. The molecule has 0 unspecified atom stereocenters. The first kappa shape index (κ1) is 18.3. The Morgan fingerprint density at radius 3 is 2.37 bits per heavy atom. The quantitative estimate of drug-likeness (QED) is 0.441. The molecule has 0 aliphatic carbocycles. The largest absolute Gasteiger partial charge is 0.439 e. The van der Waals surface area contributed by atoms with E-state index in [2.05, 4.69) is 15.3 Å². The van der Waals surface area contributed by atoms with Crippen LogP contribution < -0.4 is 4.31 Å². The first-order valence-electron chi connectivity index (χ1n) is 9.22. The Bertz CT molecular complexity index is 1490. The lowest BCUT2D eigenvalue weighted by Gasteiger charge is -2.17. The van der Waals surface area contributed by atoms with Crippen molar-refractivity contribution in [3.05, 3.63) is 72.4 Å². The van der Waals surface area contributed by atoms with Crippen LogP contribution in [0.25, 0.3) is 28.0 Å². The van der Waals surface area contributed by atoms with Crippen molar-refractivity contribution < 1.29 is 12.8 Å². The van der Waals surface area contributed by atoms with E-state index in [4.69, 9.17) is 4.42 Å². The van der Waals surface area contributed by atoms with Gasteiger partial charge in [-0.2, -0.15) is 18.0 Å². The van der Waals surface area contributed by atoms with Crippen LogP contribution >= 0.6 is 0 Å². The molecular formula is C21H17N5O3S. The minimum absolute atomic E-state index is 0.182. The Hall–Kier alpha value is -3.72. The second kappa shape index (κ2) is 6.67. The zero-order valence-corrected chi connectivity index (χ0v) is 17.0. The Labute approximate surface area is 172 Å². The lowest BCUT2D eigenvalue weighted by atomic mass is 10.1. The van der Waals surface area contributed by atoms with Gasteiger partial charge in [0.05, 0.1) is 11.4 Å². The number of aryl methyl sites for hydroxylation is 1. The zero-order valence-electron chi connectivity index (χ0n) is 16.2. The number of rotatable bonds is 4. The molecule has 0 aliphatic heterocycles. The van der Waals surface area contributed by atoms with Gasteiger partial charge in [-0.25, -0.2) is 0 Å². The van der Waals surface area contributed by atoms with Crippen LogP contribution in [0.4, 0.5) is 5.69 Å². The van der Waals surface area contributed by atoms with Crippen molar-refractivity contribution in [2.75, 3.05) is 11.4 Å². The molecule has 0 saturated heterocycles. The predicted octanol–water partition coefficient (Wildman–Crippen LogP) is 3.67. The predicted molar refractivity (Wildman–Crippen MR) is 113 cm³/mol. The first-order valence-corrected chi connectivity index (χ1v) is 10.7. The smallest absolute Gasteiger partial charge is 0.297 e. The number of benzene rings is 2. The van der Waals surface area contributed by atoms with Gasteiger partial charge in [0.15, 0.2) is 11.4 Å². The molecule has 2 aromatic carbocycles. The number of aromatic nitrogens is 4. The van der Waals surface area contributed by atoms with Gasteiger partial charge in [-0.05, 0) is 31.2 Å². The summed E-state index contributed by atoms with van der Waals surface area (Å²) in [5, 5.41) is 14.7. The summed E-state index contributed by atoms with van der Waals surface area (Å²) in [7, 11) is -2.39. The fourth-order valence-electron chi connectivity index (χ4n) is 3.38. The Morgan fingerprint density at radius 2 is 1.60 bits per heavy atom. The lowest BCUT2D eigenvalue weighted by molar-refractivity contribution is 0.457. The molecule has 0 fully saturated rings. The van der Waals surface area contributed by atoms with Crippen LogP contribution in [-0.4, -0.2) is 35.3 Å². The average molecular weight is 419 g/mol. The minimum atomic E-state index is -3.87. The Morgan fingerprint density at radius 1 is 0.900 bits per heavy atom. The van der Waals surface area contributed by atoms with Crippen LogP contribution in [0.15, 0.2) is 76.2 Å². The van der Waals surface area contributed by atoms with Gasteiger partial charge in [0.25, 0.3) is 10.0 Å². The second-order valence-corrected chi connectivity index (χ2v) is 8.72. The van der Waals surface area contributed by atoms with E-state index in [9.17, 15) is 8.42 Å². The van der Waals surface area contributed by atoms with Crippen LogP contribution in [0.1, 0.15) is 5.69 Å². The molecule has 5 aromatic rings. The third-order valence-corrected chi connectivity index (χ3v) is 6.64. The molecule has 0 aliphatic rings. The van der Waals surface area contributed by atoms with Crippen LogP contribution in [0, 0.1) is 6.92 Å². The third kappa shape index (κ3) is 2.74. The third-order valence-electron chi connectivity index (χ3n) is 4.98. The molecule has 5 rings (SSSR count). The van der Waals surface area contributed by atoms with E-state index < -0.39 is 10.0 Å². The van der Waals surface area contributed by atoms with E-state index in [0.29, 0.717) is 17.2 Å². The van der Waals surface area contributed by atoms with E-state index in [1.54, 1.807) is 34.8 Å². The Balaban J connectivity index is 1.60. The minimum Gasteiger partial charge on any atom is -0.439 e. The highest BCUT2D eigenvalue weighted by Gasteiger charge is 2.26. The highest BCUT2D eigenvalue weighted by molar-refractivity contribution is 7.92. The summed E-state index contributed by atoms with van der Waals surface area (Å²) < 4.78 is 34.4. The molecule has 9 heteroatoms. The van der Waals surface area contributed by atoms with Crippen LogP contribution in [0.3, 0.4) is 0 Å². The monoisotopic (exact) mass is 419 g/mol. The highest BCUT2D eigenvalue weighted by Crippen LogP contribution is 2.29. The normalized spacial score (nSPS) is 11.9. The van der Waals surface area contributed by atoms with Crippen LogP contribution in [0.2, 0.25) is 0 Å². The topological polar surface area (TPSA) is 93.6 Å². The summed E-state index contributed by atoms with van der Waals surface area (Å²) in [5.41, 5.74) is 1.92. The van der Waals surface area contributed by atoms with Crippen molar-refractivity contribution in [2.24, 2.45) is 0 Å². The SMILES string of the molecule is Cc1nn2c(-c3ccc(S(=O)(=O)N(C)c4ccccc4)o3)nnc2c2ccccc12. The van der Waals surface area contributed by atoms with Crippen LogP contribution in [-0.2, 0) is 10.0 Å². The summed E-state index contributed by atoms with van der Waals surface area (Å²) in [6.07, 6.45) is 0. The molecule has 30 heavy (non-hydrogen) atoms. The van der Waals surface area contributed by atoms with Crippen molar-refractivity contribution >= 4 is 32.1 Å². The van der Waals surface area contributed by atoms with Gasteiger partial charge in [0.2, 0.25) is 10.9 Å². The molecule has 0 atom stereocenters. The molecule has 0 saturated carbocycles. The second-order valence-electron chi connectivity index (χ2n) is 6.82. The van der Waals surface area contributed by atoms with Gasteiger partial charge in [-0.1, -0.05) is 42.5 Å². The number of para-hydroxylation sites is 1. The van der Waals surface area contributed by atoms with Gasteiger partial charge in [0, 0.05) is 17.8 Å². The first-order chi connectivity index (χ1) is 14.5. The van der Waals surface area contributed by atoms with Crippen molar-refractivity contribution in [3.63, 3.8) is 0 Å². The van der Waals surface area contributed by atoms with Gasteiger partial charge >= 0.3 is 0 Å². The van der Waals surface area contributed by atoms with Crippen molar-refractivity contribution in [1.82, 2.24) is 19.8 Å². The van der Waals surface area contributed by atoms with Gasteiger partial charge < -0.3 is 4.42 Å². The highest BCUT2D eigenvalue weighted by atomic mass is 32.2. The number of sulfonamides is 1. The van der Waals surface area contributed by atoms with Gasteiger partial charge in [-0.15, -0.1) is 10.2 Å². The van der Waals surface area contributed by atoms with E-state index in [1.165, 1.54) is 17.4 Å². The van der Waals surface area contributed by atoms with Gasteiger partial charge in [0.1, 0.15) is 0 Å². The summed E-state index contributed by atoms with van der Waals surface area (Å²) >= 11 is 0. The molecule has 0 N–H and O–H groups in total. The molecule has 3 heterocycles.